The monoisotopic (exact) mass is 381 g/mol. The van der Waals surface area contributed by atoms with Gasteiger partial charge in [0.25, 0.3) is 0 Å². The zero-order valence-corrected chi connectivity index (χ0v) is 14.2. The quantitative estimate of drug-likeness (QED) is 0.800. The second-order valence-electron chi connectivity index (χ2n) is 4.95. The van der Waals surface area contributed by atoms with Crippen LogP contribution in [0.5, 0.6) is 5.75 Å². The SMILES string of the molecule is CN(CCOc1ccc(F)cc1)CC(=O)Nc1ccc(Br)cn1. The van der Waals surface area contributed by atoms with Crippen molar-refractivity contribution in [3.63, 3.8) is 0 Å². The summed E-state index contributed by atoms with van der Waals surface area (Å²) in [7, 11) is 1.82. The lowest BCUT2D eigenvalue weighted by molar-refractivity contribution is -0.117. The molecule has 0 saturated carbocycles. The molecule has 23 heavy (non-hydrogen) atoms. The number of amides is 1. The molecule has 0 aliphatic carbocycles. The van der Waals surface area contributed by atoms with Crippen LogP contribution >= 0.6 is 15.9 Å². The summed E-state index contributed by atoms with van der Waals surface area (Å²) in [5.41, 5.74) is 0. The molecule has 1 heterocycles. The molecule has 0 saturated heterocycles. The third kappa shape index (κ3) is 6.33. The van der Waals surface area contributed by atoms with Crippen LogP contribution in [-0.4, -0.2) is 42.5 Å². The molecule has 0 bridgehead atoms. The summed E-state index contributed by atoms with van der Waals surface area (Å²) >= 11 is 3.29. The Labute approximate surface area is 142 Å². The second kappa shape index (κ2) is 8.59. The summed E-state index contributed by atoms with van der Waals surface area (Å²) in [5.74, 6) is 0.661. The first-order valence-electron chi connectivity index (χ1n) is 7.01. The number of benzene rings is 1. The second-order valence-corrected chi connectivity index (χ2v) is 5.87. The first-order chi connectivity index (χ1) is 11.0. The van der Waals surface area contributed by atoms with E-state index in [-0.39, 0.29) is 18.3 Å². The minimum absolute atomic E-state index is 0.149. The molecule has 0 unspecified atom stereocenters. The van der Waals surface area contributed by atoms with Crippen molar-refractivity contribution in [2.24, 2.45) is 0 Å². The topological polar surface area (TPSA) is 54.5 Å². The number of aromatic nitrogens is 1. The van der Waals surface area contributed by atoms with Crippen LogP contribution in [-0.2, 0) is 4.79 Å². The molecule has 122 valence electrons. The minimum atomic E-state index is -0.298. The van der Waals surface area contributed by atoms with Gasteiger partial charge in [0.05, 0.1) is 6.54 Å². The van der Waals surface area contributed by atoms with Gasteiger partial charge in [0.2, 0.25) is 5.91 Å². The Balaban J connectivity index is 1.69. The van der Waals surface area contributed by atoms with Gasteiger partial charge in [-0.1, -0.05) is 0 Å². The van der Waals surface area contributed by atoms with Crippen molar-refractivity contribution in [1.29, 1.82) is 0 Å². The number of carbonyl (C=O) groups excluding carboxylic acids is 1. The van der Waals surface area contributed by atoms with E-state index in [4.69, 9.17) is 4.74 Å². The summed E-state index contributed by atoms with van der Waals surface area (Å²) < 4.78 is 19.1. The summed E-state index contributed by atoms with van der Waals surface area (Å²) in [4.78, 5) is 17.8. The zero-order valence-electron chi connectivity index (χ0n) is 12.6. The molecule has 0 fully saturated rings. The fourth-order valence-electron chi connectivity index (χ4n) is 1.81. The average molecular weight is 382 g/mol. The summed E-state index contributed by atoms with van der Waals surface area (Å²) in [6.45, 7) is 1.20. The predicted molar refractivity (Wildman–Crippen MR) is 90.0 cm³/mol. The van der Waals surface area contributed by atoms with Gasteiger partial charge >= 0.3 is 0 Å². The van der Waals surface area contributed by atoms with Crippen LogP contribution in [0.25, 0.3) is 0 Å². The third-order valence-electron chi connectivity index (χ3n) is 2.96. The van der Waals surface area contributed by atoms with Crippen molar-refractivity contribution >= 4 is 27.7 Å². The maximum atomic E-state index is 12.8. The largest absolute Gasteiger partial charge is 0.492 e. The molecule has 0 spiro atoms. The number of anilines is 1. The molecule has 1 aromatic heterocycles. The number of ether oxygens (including phenoxy) is 1. The highest BCUT2D eigenvalue weighted by atomic mass is 79.9. The number of hydrogen-bond donors (Lipinski definition) is 1. The van der Waals surface area contributed by atoms with Gasteiger partial charge in [0.15, 0.2) is 0 Å². The predicted octanol–water partition coefficient (Wildman–Crippen LogP) is 2.93. The average Bonchev–Trinajstić information content (AvgIpc) is 2.51. The Morgan fingerprint density at radius 1 is 1.30 bits per heavy atom. The number of rotatable bonds is 7. The molecule has 1 aromatic carbocycles. The highest BCUT2D eigenvalue weighted by Crippen LogP contribution is 2.11. The van der Waals surface area contributed by atoms with Gasteiger partial charge in [-0.25, -0.2) is 9.37 Å². The number of likely N-dealkylation sites (N-methyl/N-ethyl adjacent to an activating group) is 1. The summed E-state index contributed by atoms with van der Waals surface area (Å²) in [5, 5.41) is 2.72. The normalized spacial score (nSPS) is 10.6. The van der Waals surface area contributed by atoms with Crippen LogP contribution in [0.3, 0.4) is 0 Å². The number of halogens is 2. The van der Waals surface area contributed by atoms with Crippen molar-refractivity contribution in [2.45, 2.75) is 0 Å². The van der Waals surface area contributed by atoms with Crippen LogP contribution in [0.4, 0.5) is 10.2 Å². The lowest BCUT2D eigenvalue weighted by Gasteiger charge is -2.16. The van der Waals surface area contributed by atoms with Gasteiger partial charge in [0, 0.05) is 17.2 Å². The Morgan fingerprint density at radius 2 is 2.04 bits per heavy atom. The Bertz CT molecular complexity index is 635. The molecule has 2 rings (SSSR count). The Kier molecular flexibility index (Phi) is 6.49. The molecule has 0 aliphatic heterocycles. The van der Waals surface area contributed by atoms with E-state index in [2.05, 4.69) is 26.2 Å². The standard InChI is InChI=1S/C16H17BrFN3O2/c1-21(8-9-23-14-5-3-13(18)4-6-14)11-16(22)20-15-7-2-12(17)10-19-15/h2-7,10H,8-9,11H2,1H3,(H,19,20,22). The smallest absolute Gasteiger partial charge is 0.239 e. The first-order valence-corrected chi connectivity index (χ1v) is 7.80. The van der Waals surface area contributed by atoms with E-state index in [0.29, 0.717) is 24.7 Å². The highest BCUT2D eigenvalue weighted by molar-refractivity contribution is 9.10. The molecule has 1 amide bonds. The van der Waals surface area contributed by atoms with Crippen molar-refractivity contribution < 1.29 is 13.9 Å². The van der Waals surface area contributed by atoms with E-state index in [1.54, 1.807) is 24.4 Å². The van der Waals surface area contributed by atoms with Gasteiger partial charge in [0.1, 0.15) is 24.0 Å². The molecule has 7 heteroatoms. The minimum Gasteiger partial charge on any atom is -0.492 e. The molecule has 0 atom stereocenters. The highest BCUT2D eigenvalue weighted by Gasteiger charge is 2.07. The van der Waals surface area contributed by atoms with Crippen LogP contribution < -0.4 is 10.1 Å². The summed E-state index contributed by atoms with van der Waals surface area (Å²) in [6, 6.07) is 9.36. The molecule has 1 N–H and O–H groups in total. The molecule has 2 aromatic rings. The third-order valence-corrected chi connectivity index (χ3v) is 3.43. The molecular formula is C16H17BrFN3O2. The molecule has 5 nitrogen and oxygen atoms in total. The summed E-state index contributed by atoms with van der Waals surface area (Å²) in [6.07, 6.45) is 1.62. The lowest BCUT2D eigenvalue weighted by atomic mass is 10.3. The molecule has 0 radical (unpaired) electrons. The Morgan fingerprint density at radius 3 is 2.70 bits per heavy atom. The van der Waals surface area contributed by atoms with Gasteiger partial charge in [-0.3, -0.25) is 9.69 Å². The maximum absolute atomic E-state index is 12.8. The molecule has 0 aliphatic rings. The Hall–Kier alpha value is -1.99. The van der Waals surface area contributed by atoms with Crippen molar-refractivity contribution in [3.8, 4) is 5.75 Å². The lowest BCUT2D eigenvalue weighted by Crippen LogP contribution is -2.33. The van der Waals surface area contributed by atoms with Crippen LogP contribution in [0, 0.1) is 5.82 Å². The number of nitrogens with zero attached hydrogens (tertiary/aromatic N) is 2. The van der Waals surface area contributed by atoms with Gasteiger partial charge < -0.3 is 10.1 Å². The maximum Gasteiger partial charge on any atom is 0.239 e. The van der Waals surface area contributed by atoms with E-state index >= 15 is 0 Å². The van der Waals surface area contributed by atoms with E-state index in [1.807, 2.05) is 18.0 Å². The van der Waals surface area contributed by atoms with Gasteiger partial charge in [-0.2, -0.15) is 0 Å². The first kappa shape index (κ1) is 17.4. The van der Waals surface area contributed by atoms with E-state index in [0.717, 1.165) is 4.47 Å². The van der Waals surface area contributed by atoms with Crippen LogP contribution in [0.2, 0.25) is 0 Å². The fraction of sp³-hybridized carbons (Fsp3) is 0.250. The molecular weight excluding hydrogens is 365 g/mol. The van der Waals surface area contributed by atoms with Crippen LogP contribution in [0.15, 0.2) is 47.1 Å². The number of carbonyl (C=O) groups is 1. The van der Waals surface area contributed by atoms with Crippen molar-refractivity contribution in [3.05, 3.63) is 52.9 Å². The van der Waals surface area contributed by atoms with Crippen LogP contribution in [0.1, 0.15) is 0 Å². The van der Waals surface area contributed by atoms with Crippen molar-refractivity contribution in [1.82, 2.24) is 9.88 Å². The number of pyridine rings is 1. The zero-order chi connectivity index (χ0) is 16.7. The fourth-order valence-corrected chi connectivity index (χ4v) is 2.04. The van der Waals surface area contributed by atoms with Gasteiger partial charge in [-0.05, 0) is 59.4 Å². The van der Waals surface area contributed by atoms with E-state index < -0.39 is 0 Å². The van der Waals surface area contributed by atoms with Gasteiger partial charge in [-0.15, -0.1) is 0 Å². The van der Waals surface area contributed by atoms with E-state index in [9.17, 15) is 9.18 Å². The number of hydrogen-bond acceptors (Lipinski definition) is 4. The number of nitrogens with one attached hydrogen (secondary N) is 1. The van der Waals surface area contributed by atoms with Crippen molar-refractivity contribution in [2.75, 3.05) is 32.1 Å². The van der Waals surface area contributed by atoms with E-state index in [1.165, 1.54) is 12.1 Å².